The highest BCUT2D eigenvalue weighted by atomic mass is 16.5. The molecule has 2 aliphatic heterocycles. The average Bonchev–Trinajstić information content (AvgIpc) is 3.19. The molecule has 2 amide bonds. The molecular formula is C28H27N3O4. The zero-order chi connectivity index (χ0) is 24.2. The molecule has 0 unspecified atom stereocenters. The molecule has 7 heteroatoms. The summed E-state index contributed by atoms with van der Waals surface area (Å²) in [7, 11) is 0. The van der Waals surface area contributed by atoms with Crippen LogP contribution in [0.3, 0.4) is 0 Å². The Kier molecular flexibility index (Phi) is 6.39. The van der Waals surface area contributed by atoms with E-state index in [4.69, 9.17) is 4.74 Å². The van der Waals surface area contributed by atoms with Crippen molar-refractivity contribution < 1.29 is 19.4 Å². The quantitative estimate of drug-likeness (QED) is 0.481. The van der Waals surface area contributed by atoms with Crippen molar-refractivity contribution >= 4 is 28.9 Å². The summed E-state index contributed by atoms with van der Waals surface area (Å²) in [4.78, 5) is 29.7. The number of para-hydroxylation sites is 1. The summed E-state index contributed by atoms with van der Waals surface area (Å²) in [6, 6.07) is 23.9. The highest BCUT2D eigenvalue weighted by Gasteiger charge is 2.36. The zero-order valence-electron chi connectivity index (χ0n) is 19.3. The first-order chi connectivity index (χ1) is 17.1. The summed E-state index contributed by atoms with van der Waals surface area (Å²) in [6.45, 7) is 1.99. The Morgan fingerprint density at radius 2 is 1.54 bits per heavy atom. The molecule has 178 valence electrons. The molecule has 3 aromatic rings. The monoisotopic (exact) mass is 469 g/mol. The lowest BCUT2D eigenvalue weighted by Crippen LogP contribution is -2.30. The van der Waals surface area contributed by atoms with Gasteiger partial charge in [-0.3, -0.25) is 9.59 Å². The number of benzene rings is 3. The van der Waals surface area contributed by atoms with Crippen molar-refractivity contribution in [2.24, 2.45) is 0 Å². The van der Waals surface area contributed by atoms with E-state index in [-0.39, 0.29) is 17.9 Å². The first-order valence-electron chi connectivity index (χ1n) is 11.8. The topological polar surface area (TPSA) is 82.1 Å². The summed E-state index contributed by atoms with van der Waals surface area (Å²) in [6.07, 6.45) is 3.64. The van der Waals surface area contributed by atoms with Crippen molar-refractivity contribution in [2.45, 2.75) is 19.3 Å². The van der Waals surface area contributed by atoms with Crippen molar-refractivity contribution in [1.82, 2.24) is 0 Å². The maximum absolute atomic E-state index is 13.1. The largest absolute Gasteiger partial charge is 0.509 e. The summed E-state index contributed by atoms with van der Waals surface area (Å²) >= 11 is 0. The van der Waals surface area contributed by atoms with Crippen LogP contribution in [0, 0.1) is 0 Å². The number of nitrogens with one attached hydrogen (secondary N) is 1. The minimum atomic E-state index is -0.627. The van der Waals surface area contributed by atoms with E-state index in [0.29, 0.717) is 22.9 Å². The molecule has 0 atom stereocenters. The summed E-state index contributed by atoms with van der Waals surface area (Å²) in [5, 5.41) is 13.2. The van der Waals surface area contributed by atoms with Gasteiger partial charge in [0.1, 0.15) is 22.8 Å². The van der Waals surface area contributed by atoms with Gasteiger partial charge in [-0.2, -0.15) is 0 Å². The molecule has 1 fully saturated rings. The van der Waals surface area contributed by atoms with E-state index >= 15 is 0 Å². The Morgan fingerprint density at radius 1 is 0.829 bits per heavy atom. The molecule has 3 aromatic carbocycles. The number of anilines is 3. The minimum absolute atomic E-state index is 0.0791. The van der Waals surface area contributed by atoms with Gasteiger partial charge in [0.2, 0.25) is 0 Å². The molecule has 35 heavy (non-hydrogen) atoms. The lowest BCUT2D eigenvalue weighted by Gasteiger charge is -2.28. The van der Waals surface area contributed by atoms with E-state index in [2.05, 4.69) is 10.2 Å². The van der Waals surface area contributed by atoms with E-state index in [1.165, 1.54) is 24.2 Å². The van der Waals surface area contributed by atoms with Gasteiger partial charge >= 0.3 is 0 Å². The van der Waals surface area contributed by atoms with Crippen LogP contribution in [0.25, 0.3) is 0 Å². The van der Waals surface area contributed by atoms with Crippen LogP contribution in [0.4, 0.5) is 17.1 Å². The molecule has 0 aromatic heterocycles. The fraction of sp³-hybridized carbons (Fsp3) is 0.214. The van der Waals surface area contributed by atoms with Gasteiger partial charge in [0, 0.05) is 36.2 Å². The zero-order valence-corrected chi connectivity index (χ0v) is 19.3. The molecule has 0 spiro atoms. The lowest BCUT2D eigenvalue weighted by molar-refractivity contribution is -0.119. The Morgan fingerprint density at radius 3 is 2.29 bits per heavy atom. The third-order valence-electron chi connectivity index (χ3n) is 6.24. The Bertz CT molecular complexity index is 1250. The van der Waals surface area contributed by atoms with Crippen molar-refractivity contribution in [2.75, 3.05) is 34.8 Å². The number of amides is 2. The molecular weight excluding hydrogens is 442 g/mol. The molecule has 2 N–H and O–H groups in total. The number of piperidine rings is 1. The molecule has 0 aliphatic carbocycles. The van der Waals surface area contributed by atoms with Gasteiger partial charge in [-0.15, -0.1) is 0 Å². The molecule has 2 aliphatic rings. The molecule has 5 rings (SSSR count). The van der Waals surface area contributed by atoms with Crippen LogP contribution in [0.2, 0.25) is 0 Å². The van der Waals surface area contributed by atoms with Crippen LogP contribution in [0.5, 0.6) is 11.5 Å². The molecule has 0 saturated carbocycles. The smallest absolute Gasteiger partial charge is 0.267 e. The third-order valence-corrected chi connectivity index (χ3v) is 6.24. The van der Waals surface area contributed by atoms with Gasteiger partial charge in [-0.25, -0.2) is 0 Å². The van der Waals surface area contributed by atoms with Crippen LogP contribution >= 0.6 is 0 Å². The average molecular weight is 470 g/mol. The number of hydrogen-bond acceptors (Lipinski definition) is 5. The Labute approximate surface area is 204 Å². The van der Waals surface area contributed by atoms with Gasteiger partial charge in [-0.05, 0) is 67.8 Å². The SMILES string of the molecule is O=C(Nc1ccc(N2CCCCC2)cc1)C1=C(O)CN(c2cccc(Oc3ccccc3)c2)C1=O. The summed E-state index contributed by atoms with van der Waals surface area (Å²) in [5.41, 5.74) is 1.97. The number of aliphatic hydroxyl groups is 1. The second-order valence-electron chi connectivity index (χ2n) is 8.67. The maximum Gasteiger partial charge on any atom is 0.267 e. The van der Waals surface area contributed by atoms with Crippen LogP contribution in [0.15, 0.2) is 90.2 Å². The van der Waals surface area contributed by atoms with E-state index in [1.54, 1.807) is 24.3 Å². The van der Waals surface area contributed by atoms with E-state index in [1.807, 2.05) is 54.6 Å². The number of hydrogen-bond donors (Lipinski definition) is 2. The molecule has 0 radical (unpaired) electrons. The highest BCUT2D eigenvalue weighted by molar-refractivity contribution is 6.29. The van der Waals surface area contributed by atoms with Gasteiger partial charge < -0.3 is 25.0 Å². The normalized spacial score (nSPS) is 15.9. The molecule has 1 saturated heterocycles. The summed E-state index contributed by atoms with van der Waals surface area (Å²) in [5.74, 6) is -0.219. The van der Waals surface area contributed by atoms with Crippen LogP contribution in [-0.4, -0.2) is 36.6 Å². The fourth-order valence-corrected chi connectivity index (χ4v) is 4.44. The third kappa shape index (κ3) is 4.99. The van der Waals surface area contributed by atoms with Crippen LogP contribution in [-0.2, 0) is 9.59 Å². The summed E-state index contributed by atoms with van der Waals surface area (Å²) < 4.78 is 5.85. The van der Waals surface area contributed by atoms with Gasteiger partial charge in [0.05, 0.1) is 6.54 Å². The predicted molar refractivity (Wildman–Crippen MR) is 136 cm³/mol. The van der Waals surface area contributed by atoms with Crippen LogP contribution in [0.1, 0.15) is 19.3 Å². The number of aliphatic hydroxyl groups excluding tert-OH is 1. The number of carbonyl (C=O) groups is 2. The second kappa shape index (κ2) is 9.93. The Hall–Kier alpha value is -4.26. The van der Waals surface area contributed by atoms with Crippen molar-refractivity contribution in [3.63, 3.8) is 0 Å². The number of carbonyl (C=O) groups excluding carboxylic acids is 2. The predicted octanol–water partition coefficient (Wildman–Crippen LogP) is 5.27. The Balaban J connectivity index is 1.26. The van der Waals surface area contributed by atoms with E-state index in [9.17, 15) is 14.7 Å². The molecule has 0 bridgehead atoms. The lowest BCUT2D eigenvalue weighted by atomic mass is 10.1. The van der Waals surface area contributed by atoms with Gasteiger partial charge in [0.15, 0.2) is 0 Å². The first kappa shape index (κ1) is 22.5. The van der Waals surface area contributed by atoms with E-state index < -0.39 is 11.8 Å². The number of ether oxygens (including phenoxy) is 1. The second-order valence-corrected chi connectivity index (χ2v) is 8.67. The van der Waals surface area contributed by atoms with Gasteiger partial charge in [0.25, 0.3) is 11.8 Å². The number of nitrogens with zero attached hydrogens (tertiary/aromatic N) is 2. The van der Waals surface area contributed by atoms with Gasteiger partial charge in [-0.1, -0.05) is 24.3 Å². The fourth-order valence-electron chi connectivity index (χ4n) is 4.44. The van der Waals surface area contributed by atoms with Crippen molar-refractivity contribution in [3.8, 4) is 11.5 Å². The minimum Gasteiger partial charge on any atom is -0.509 e. The first-order valence-corrected chi connectivity index (χ1v) is 11.8. The molecule has 7 nitrogen and oxygen atoms in total. The maximum atomic E-state index is 13.1. The standard InChI is InChI=1S/C28H27N3O4/c32-25-19-31(22-8-7-11-24(18-22)35-23-9-3-1-4-10-23)28(34)26(25)27(33)29-20-12-14-21(15-13-20)30-16-5-2-6-17-30/h1,3-4,7-15,18,32H,2,5-6,16-17,19H2,(H,29,33). The molecule has 2 heterocycles. The van der Waals surface area contributed by atoms with Crippen molar-refractivity contribution in [3.05, 3.63) is 90.2 Å². The van der Waals surface area contributed by atoms with Crippen LogP contribution < -0.4 is 19.9 Å². The number of rotatable bonds is 6. The highest BCUT2D eigenvalue weighted by Crippen LogP contribution is 2.30. The van der Waals surface area contributed by atoms with E-state index in [0.717, 1.165) is 18.8 Å². The van der Waals surface area contributed by atoms with Crippen molar-refractivity contribution in [1.29, 1.82) is 0 Å².